The van der Waals surface area contributed by atoms with Crippen molar-refractivity contribution in [3.63, 3.8) is 0 Å². The van der Waals surface area contributed by atoms with Crippen molar-refractivity contribution in [2.24, 2.45) is 51.8 Å². The van der Waals surface area contributed by atoms with Crippen molar-refractivity contribution < 1.29 is 15.0 Å². The Morgan fingerprint density at radius 3 is 2.38 bits per heavy atom. The van der Waals surface area contributed by atoms with Crippen LogP contribution in [-0.2, 0) is 4.79 Å². The molecular weight excluding hydrogens is 518 g/mol. The van der Waals surface area contributed by atoms with Crippen LogP contribution in [0.3, 0.4) is 0 Å². The molecule has 4 heteroatoms. The molecule has 10 atom stereocenters. The quantitative estimate of drug-likeness (QED) is 0.296. The fraction of sp³-hybridized carbons (Fsp3) is 0.868. The molecule has 8 unspecified atom stereocenters. The number of carbonyl (C=O) groups is 1. The lowest BCUT2D eigenvalue weighted by Gasteiger charge is -2.71. The van der Waals surface area contributed by atoms with E-state index in [0.29, 0.717) is 34.1 Å². The molecule has 0 bridgehead atoms. The number of carboxylic acids is 1. The fourth-order valence-electron chi connectivity index (χ4n) is 13.2. The van der Waals surface area contributed by atoms with Crippen LogP contribution in [-0.4, -0.2) is 33.9 Å². The number of nitrogens with one attached hydrogen (secondary N) is 1. The Hall–Kier alpha value is -1.13. The molecule has 0 spiro atoms. The second-order valence-electron chi connectivity index (χ2n) is 17.3. The van der Waals surface area contributed by atoms with E-state index in [9.17, 15) is 15.0 Å². The Morgan fingerprint density at radius 1 is 0.881 bits per heavy atom. The molecule has 5 fully saturated rings. The van der Waals surface area contributed by atoms with Gasteiger partial charge in [0.2, 0.25) is 0 Å². The van der Waals surface area contributed by atoms with Crippen LogP contribution in [0.25, 0.3) is 0 Å². The third-order valence-corrected chi connectivity index (χ3v) is 16.0. The van der Waals surface area contributed by atoms with Gasteiger partial charge >= 0.3 is 5.97 Å². The maximum atomic E-state index is 11.5. The molecular formula is C38H59NO3. The third kappa shape index (κ3) is 4.22. The average Bonchev–Trinajstić information content (AvgIpc) is 3.37. The topological polar surface area (TPSA) is 69.6 Å². The predicted octanol–water partition coefficient (Wildman–Crippen LogP) is 8.45. The summed E-state index contributed by atoms with van der Waals surface area (Å²) in [5.41, 5.74) is 4.16. The van der Waals surface area contributed by atoms with Crippen LogP contribution >= 0.6 is 0 Å². The number of carboxylic acid groups (broad SMARTS) is 1. The molecule has 0 aromatic carbocycles. The van der Waals surface area contributed by atoms with Crippen molar-refractivity contribution in [2.75, 3.05) is 6.54 Å². The van der Waals surface area contributed by atoms with Gasteiger partial charge in [0.25, 0.3) is 0 Å². The molecule has 7 rings (SSSR count). The Kier molecular flexibility index (Phi) is 7.18. The van der Waals surface area contributed by atoms with Crippen molar-refractivity contribution in [1.82, 2.24) is 5.32 Å². The Balaban J connectivity index is 1.11. The second kappa shape index (κ2) is 10.2. The number of aliphatic hydroxyl groups is 1. The van der Waals surface area contributed by atoms with E-state index in [1.165, 1.54) is 76.2 Å². The minimum absolute atomic E-state index is 0.191. The smallest absolute Gasteiger partial charge is 0.306 e. The van der Waals surface area contributed by atoms with Gasteiger partial charge in [0.05, 0.1) is 11.5 Å². The molecule has 0 aromatic heterocycles. The van der Waals surface area contributed by atoms with Crippen molar-refractivity contribution in [2.45, 2.75) is 148 Å². The van der Waals surface area contributed by atoms with Gasteiger partial charge in [-0.3, -0.25) is 4.79 Å². The maximum absolute atomic E-state index is 11.5. The summed E-state index contributed by atoms with van der Waals surface area (Å²) < 4.78 is 0. The van der Waals surface area contributed by atoms with Gasteiger partial charge in [-0.1, -0.05) is 46.3 Å². The molecule has 0 radical (unpaired) electrons. The lowest BCUT2D eigenvalue weighted by Crippen LogP contribution is -2.67. The van der Waals surface area contributed by atoms with Gasteiger partial charge in [-0.25, -0.2) is 0 Å². The van der Waals surface area contributed by atoms with Gasteiger partial charge < -0.3 is 15.5 Å². The van der Waals surface area contributed by atoms with Crippen LogP contribution in [0.5, 0.6) is 0 Å². The highest BCUT2D eigenvalue weighted by Gasteiger charge is 2.68. The first-order chi connectivity index (χ1) is 19.9. The van der Waals surface area contributed by atoms with Gasteiger partial charge in [-0.2, -0.15) is 0 Å². The zero-order chi connectivity index (χ0) is 29.5. The molecule has 3 N–H and O–H groups in total. The zero-order valence-corrected chi connectivity index (χ0v) is 27.1. The van der Waals surface area contributed by atoms with Crippen LogP contribution in [0.1, 0.15) is 137 Å². The van der Waals surface area contributed by atoms with E-state index in [2.05, 4.69) is 45.2 Å². The summed E-state index contributed by atoms with van der Waals surface area (Å²) in [7, 11) is 0. The minimum atomic E-state index is -0.625. The Morgan fingerprint density at radius 2 is 1.69 bits per heavy atom. The van der Waals surface area contributed by atoms with Gasteiger partial charge in [0.15, 0.2) is 0 Å². The van der Waals surface area contributed by atoms with E-state index < -0.39 is 5.97 Å². The largest absolute Gasteiger partial charge is 0.481 e. The van der Waals surface area contributed by atoms with E-state index in [1.807, 2.05) is 0 Å². The zero-order valence-electron chi connectivity index (χ0n) is 27.1. The summed E-state index contributed by atoms with van der Waals surface area (Å²) in [5, 5.41) is 24.4. The summed E-state index contributed by atoms with van der Waals surface area (Å²) >= 11 is 0. The number of aliphatic carboxylic acids is 1. The fourth-order valence-corrected chi connectivity index (χ4v) is 13.2. The highest BCUT2D eigenvalue weighted by Crippen LogP contribution is 2.75. The molecule has 42 heavy (non-hydrogen) atoms. The van der Waals surface area contributed by atoms with Crippen molar-refractivity contribution >= 4 is 5.97 Å². The van der Waals surface area contributed by atoms with Gasteiger partial charge in [-0.05, 0) is 166 Å². The molecule has 0 saturated heterocycles. The number of allylic oxidation sites excluding steroid dienone is 4. The van der Waals surface area contributed by atoms with E-state index >= 15 is 0 Å². The van der Waals surface area contributed by atoms with Gasteiger partial charge in [0.1, 0.15) is 0 Å². The normalized spacial score (nSPS) is 49.4. The Labute approximate surface area is 255 Å². The highest BCUT2D eigenvalue weighted by molar-refractivity contribution is 5.70. The SMILES string of the molecule is CC1C(C2=CCC(C(=O)O)CC2)=CCC2(C)C1CC[C@]1(C)C2CCC2C3CCCC3(NCCC3(O)CCC3)CC[C@]21C. The number of hydrogen-bond acceptors (Lipinski definition) is 3. The molecule has 0 aromatic rings. The van der Waals surface area contributed by atoms with E-state index in [-0.39, 0.29) is 11.5 Å². The van der Waals surface area contributed by atoms with Gasteiger partial charge in [0, 0.05) is 5.54 Å². The predicted molar refractivity (Wildman–Crippen MR) is 169 cm³/mol. The third-order valence-electron chi connectivity index (χ3n) is 16.0. The maximum Gasteiger partial charge on any atom is 0.306 e. The van der Waals surface area contributed by atoms with Crippen LogP contribution in [0.15, 0.2) is 23.3 Å². The van der Waals surface area contributed by atoms with Crippen molar-refractivity contribution in [3.05, 3.63) is 23.3 Å². The lowest BCUT2D eigenvalue weighted by atomic mass is 9.34. The van der Waals surface area contributed by atoms with Crippen molar-refractivity contribution in [3.8, 4) is 0 Å². The highest BCUT2D eigenvalue weighted by atomic mass is 16.4. The minimum Gasteiger partial charge on any atom is -0.481 e. The molecule has 7 aliphatic rings. The number of rotatable bonds is 6. The molecule has 4 nitrogen and oxygen atoms in total. The lowest BCUT2D eigenvalue weighted by molar-refractivity contribution is -0.212. The summed E-state index contributed by atoms with van der Waals surface area (Å²) in [6.45, 7) is 11.7. The molecule has 5 saturated carbocycles. The Bertz CT molecular complexity index is 1150. The monoisotopic (exact) mass is 577 g/mol. The summed E-state index contributed by atoms with van der Waals surface area (Å²) in [4.78, 5) is 11.5. The molecule has 7 aliphatic carbocycles. The first kappa shape index (κ1) is 29.6. The number of hydrogen-bond donors (Lipinski definition) is 3. The van der Waals surface area contributed by atoms with Crippen molar-refractivity contribution in [1.29, 1.82) is 0 Å². The van der Waals surface area contributed by atoms with E-state index in [0.717, 1.165) is 62.3 Å². The summed E-state index contributed by atoms with van der Waals surface area (Å²) in [6, 6.07) is 0. The summed E-state index contributed by atoms with van der Waals surface area (Å²) in [5.74, 6) is 2.92. The van der Waals surface area contributed by atoms with Crippen LogP contribution in [0.2, 0.25) is 0 Å². The van der Waals surface area contributed by atoms with Crippen LogP contribution < -0.4 is 5.32 Å². The molecule has 234 valence electrons. The molecule has 0 amide bonds. The van der Waals surface area contributed by atoms with E-state index in [1.54, 1.807) is 5.57 Å². The average molecular weight is 578 g/mol. The van der Waals surface area contributed by atoms with Crippen LogP contribution in [0.4, 0.5) is 0 Å². The standard InChI is InChI=1S/C38H59NO3/c1-25-28(26-8-10-27(11-9-26)33(40)41)14-19-34(2)29(25)15-20-36(4)32(34)13-12-30-31-7-5-18-38(31,22-21-35(30,36)3)39-24-23-37(42)16-6-17-37/h8,14,25,27,29-32,39,42H,5-7,9-13,15-24H2,1-4H3,(H,40,41)/t25?,27?,29?,30?,31?,32?,34?,35-,36-,38?/m1/s1. The molecule has 0 heterocycles. The molecule has 0 aliphatic heterocycles. The van der Waals surface area contributed by atoms with Gasteiger partial charge in [-0.15, -0.1) is 0 Å². The first-order valence-electron chi connectivity index (χ1n) is 18.0. The van der Waals surface area contributed by atoms with Crippen LogP contribution in [0, 0.1) is 51.8 Å². The number of fused-ring (bicyclic) bond motifs is 7. The second-order valence-corrected chi connectivity index (χ2v) is 17.3. The first-order valence-corrected chi connectivity index (χ1v) is 18.0. The summed E-state index contributed by atoms with van der Waals surface area (Å²) in [6.07, 6.45) is 25.0. The van der Waals surface area contributed by atoms with E-state index in [4.69, 9.17) is 0 Å².